The van der Waals surface area contributed by atoms with Crippen LogP contribution < -0.4 is 10.1 Å². The van der Waals surface area contributed by atoms with E-state index in [0.717, 1.165) is 25.5 Å². The van der Waals surface area contributed by atoms with Crippen molar-refractivity contribution in [2.45, 2.75) is 17.7 Å². The summed E-state index contributed by atoms with van der Waals surface area (Å²) in [5.41, 5.74) is 0. The van der Waals surface area contributed by atoms with E-state index in [-0.39, 0.29) is 10.6 Å². The summed E-state index contributed by atoms with van der Waals surface area (Å²) in [7, 11) is -0.369. The average molecular weight is 316 g/mol. The maximum absolute atomic E-state index is 13.4. The van der Waals surface area contributed by atoms with Gasteiger partial charge in [0.1, 0.15) is 0 Å². The van der Waals surface area contributed by atoms with Gasteiger partial charge in [0, 0.05) is 19.2 Å². The van der Waals surface area contributed by atoms with Crippen molar-refractivity contribution in [1.82, 2.24) is 9.62 Å². The molecule has 118 valence electrons. The molecule has 2 rings (SSSR count). The van der Waals surface area contributed by atoms with Crippen LogP contribution in [0.5, 0.6) is 5.75 Å². The topological polar surface area (TPSA) is 58.6 Å². The zero-order chi connectivity index (χ0) is 15.5. The molecule has 0 amide bonds. The Morgan fingerprint density at radius 2 is 2.05 bits per heavy atom. The fourth-order valence-corrected chi connectivity index (χ4v) is 4.08. The number of benzene rings is 1. The Kier molecular flexibility index (Phi) is 5.18. The molecule has 0 saturated carbocycles. The smallest absolute Gasteiger partial charge is 0.243 e. The Morgan fingerprint density at radius 1 is 1.38 bits per heavy atom. The van der Waals surface area contributed by atoms with Crippen molar-refractivity contribution in [3.8, 4) is 5.75 Å². The maximum Gasteiger partial charge on any atom is 0.243 e. The van der Waals surface area contributed by atoms with Gasteiger partial charge in [0.05, 0.1) is 12.0 Å². The van der Waals surface area contributed by atoms with Gasteiger partial charge >= 0.3 is 0 Å². The molecule has 5 nitrogen and oxygen atoms in total. The van der Waals surface area contributed by atoms with Gasteiger partial charge in [0.2, 0.25) is 10.0 Å². The zero-order valence-electron chi connectivity index (χ0n) is 12.3. The number of rotatable bonds is 5. The van der Waals surface area contributed by atoms with E-state index in [2.05, 4.69) is 5.32 Å². The number of halogens is 1. The van der Waals surface area contributed by atoms with E-state index in [0.29, 0.717) is 19.0 Å². The summed E-state index contributed by atoms with van der Waals surface area (Å²) in [5.74, 6) is -0.116. The number of methoxy groups -OCH3 is 1. The third-order valence-electron chi connectivity index (χ3n) is 3.83. The molecule has 1 aromatic carbocycles. The van der Waals surface area contributed by atoms with E-state index >= 15 is 0 Å². The van der Waals surface area contributed by atoms with Crippen LogP contribution in [0.2, 0.25) is 0 Å². The lowest BCUT2D eigenvalue weighted by atomic mass is 9.98. The standard InChI is InChI=1S/C14H21FN2O3S/c1-16-10-11-5-7-17(8-6-11)21(18,19)12-3-4-13(15)14(9-12)20-2/h3-4,9,11,16H,5-8,10H2,1-2H3. The average Bonchev–Trinajstić information content (AvgIpc) is 2.48. The Morgan fingerprint density at radius 3 is 2.62 bits per heavy atom. The number of sulfonamides is 1. The molecule has 0 aliphatic carbocycles. The van der Waals surface area contributed by atoms with Crippen LogP contribution in [0, 0.1) is 11.7 Å². The molecule has 0 bridgehead atoms. The second-order valence-electron chi connectivity index (χ2n) is 5.20. The molecule has 7 heteroatoms. The second kappa shape index (κ2) is 6.72. The van der Waals surface area contributed by atoms with Crippen LogP contribution in [0.3, 0.4) is 0 Å². The van der Waals surface area contributed by atoms with Crippen molar-refractivity contribution in [2.75, 3.05) is 33.8 Å². The van der Waals surface area contributed by atoms with Gasteiger partial charge in [-0.2, -0.15) is 4.31 Å². The molecule has 21 heavy (non-hydrogen) atoms. The van der Waals surface area contributed by atoms with Gasteiger partial charge in [0.15, 0.2) is 11.6 Å². The number of hydrogen-bond acceptors (Lipinski definition) is 4. The van der Waals surface area contributed by atoms with E-state index in [1.165, 1.54) is 23.5 Å². The Balaban J connectivity index is 2.15. The van der Waals surface area contributed by atoms with Gasteiger partial charge in [0.25, 0.3) is 0 Å². The van der Waals surface area contributed by atoms with E-state index in [4.69, 9.17) is 4.74 Å². The molecule has 1 N–H and O–H groups in total. The van der Waals surface area contributed by atoms with E-state index in [1.807, 2.05) is 7.05 Å². The number of piperidine rings is 1. The summed E-state index contributed by atoms with van der Waals surface area (Å²) in [4.78, 5) is 0.0767. The Labute approximate surface area is 125 Å². The highest BCUT2D eigenvalue weighted by Crippen LogP contribution is 2.27. The quantitative estimate of drug-likeness (QED) is 0.893. The molecule has 1 heterocycles. The van der Waals surface area contributed by atoms with Gasteiger partial charge in [-0.05, 0) is 44.5 Å². The van der Waals surface area contributed by atoms with Crippen molar-refractivity contribution < 1.29 is 17.5 Å². The zero-order valence-corrected chi connectivity index (χ0v) is 13.1. The van der Waals surface area contributed by atoms with Gasteiger partial charge in [-0.3, -0.25) is 0 Å². The molecular weight excluding hydrogens is 295 g/mol. The fraction of sp³-hybridized carbons (Fsp3) is 0.571. The van der Waals surface area contributed by atoms with Crippen LogP contribution in [-0.2, 0) is 10.0 Å². The first-order chi connectivity index (χ1) is 9.98. The van der Waals surface area contributed by atoms with Crippen molar-refractivity contribution in [3.63, 3.8) is 0 Å². The van der Waals surface area contributed by atoms with Crippen LogP contribution >= 0.6 is 0 Å². The number of ether oxygens (including phenoxy) is 1. The molecule has 0 spiro atoms. The lowest BCUT2D eigenvalue weighted by molar-refractivity contribution is 0.270. The monoisotopic (exact) mass is 316 g/mol. The summed E-state index contributed by atoms with van der Waals surface area (Å²) >= 11 is 0. The molecule has 0 aromatic heterocycles. The van der Waals surface area contributed by atoms with E-state index in [9.17, 15) is 12.8 Å². The molecule has 0 atom stereocenters. The Hall–Kier alpha value is -1.18. The van der Waals surface area contributed by atoms with Crippen LogP contribution in [0.15, 0.2) is 23.1 Å². The summed E-state index contributed by atoms with van der Waals surface area (Å²) in [6.07, 6.45) is 1.66. The third kappa shape index (κ3) is 3.53. The largest absolute Gasteiger partial charge is 0.494 e. The third-order valence-corrected chi connectivity index (χ3v) is 5.72. The number of nitrogens with one attached hydrogen (secondary N) is 1. The number of nitrogens with zero attached hydrogens (tertiary/aromatic N) is 1. The van der Waals surface area contributed by atoms with E-state index < -0.39 is 15.8 Å². The fourth-order valence-electron chi connectivity index (χ4n) is 2.59. The van der Waals surface area contributed by atoms with Crippen LogP contribution in [0.4, 0.5) is 4.39 Å². The first-order valence-electron chi connectivity index (χ1n) is 6.97. The highest BCUT2D eigenvalue weighted by atomic mass is 32.2. The SMILES string of the molecule is CNCC1CCN(S(=O)(=O)c2ccc(F)c(OC)c2)CC1. The van der Waals surface area contributed by atoms with Gasteiger partial charge < -0.3 is 10.1 Å². The van der Waals surface area contributed by atoms with Crippen molar-refractivity contribution >= 4 is 10.0 Å². The van der Waals surface area contributed by atoms with Crippen molar-refractivity contribution in [3.05, 3.63) is 24.0 Å². The molecule has 1 aliphatic rings. The molecular formula is C14H21FN2O3S. The lowest BCUT2D eigenvalue weighted by Gasteiger charge is -2.31. The minimum atomic E-state index is -3.58. The second-order valence-corrected chi connectivity index (χ2v) is 7.14. The molecule has 1 fully saturated rings. The summed E-state index contributed by atoms with van der Waals surface area (Å²) in [6.45, 7) is 1.89. The molecule has 1 aromatic rings. The van der Waals surface area contributed by atoms with Crippen LogP contribution in [0.1, 0.15) is 12.8 Å². The molecule has 0 radical (unpaired) electrons. The van der Waals surface area contributed by atoms with Crippen LogP contribution in [-0.4, -0.2) is 46.5 Å². The first kappa shape index (κ1) is 16.2. The summed E-state index contributed by atoms with van der Waals surface area (Å²) in [6, 6.07) is 3.65. The molecule has 1 aliphatic heterocycles. The van der Waals surface area contributed by atoms with Gasteiger partial charge in [-0.25, -0.2) is 12.8 Å². The number of hydrogen-bond donors (Lipinski definition) is 1. The molecule has 1 saturated heterocycles. The lowest BCUT2D eigenvalue weighted by Crippen LogP contribution is -2.40. The first-order valence-corrected chi connectivity index (χ1v) is 8.41. The highest BCUT2D eigenvalue weighted by Gasteiger charge is 2.29. The normalized spacial score (nSPS) is 17.9. The minimum Gasteiger partial charge on any atom is -0.494 e. The Bertz CT molecular complexity index is 584. The summed E-state index contributed by atoms with van der Waals surface area (Å²) < 4.78 is 44.8. The van der Waals surface area contributed by atoms with Gasteiger partial charge in [-0.15, -0.1) is 0 Å². The van der Waals surface area contributed by atoms with E-state index in [1.54, 1.807) is 0 Å². The highest BCUT2D eigenvalue weighted by molar-refractivity contribution is 7.89. The van der Waals surface area contributed by atoms with Crippen molar-refractivity contribution in [2.24, 2.45) is 5.92 Å². The summed E-state index contributed by atoms with van der Waals surface area (Å²) in [5, 5.41) is 3.12. The maximum atomic E-state index is 13.4. The van der Waals surface area contributed by atoms with Gasteiger partial charge in [-0.1, -0.05) is 0 Å². The van der Waals surface area contributed by atoms with Crippen molar-refractivity contribution in [1.29, 1.82) is 0 Å². The minimum absolute atomic E-state index is 0.0545. The predicted molar refractivity (Wildman–Crippen MR) is 78.4 cm³/mol. The predicted octanol–water partition coefficient (Wildman–Crippen LogP) is 1.45. The molecule has 0 unspecified atom stereocenters. The van der Waals surface area contributed by atoms with Crippen LogP contribution in [0.25, 0.3) is 0 Å².